The first-order valence-corrected chi connectivity index (χ1v) is 6.65. The van der Waals surface area contributed by atoms with Gasteiger partial charge in [-0.2, -0.15) is 0 Å². The van der Waals surface area contributed by atoms with Gasteiger partial charge in [0.2, 0.25) is 0 Å². The average Bonchev–Trinajstić information content (AvgIpc) is 2.68. The summed E-state index contributed by atoms with van der Waals surface area (Å²) in [7, 11) is 0. The molecule has 2 aliphatic heterocycles. The van der Waals surface area contributed by atoms with Gasteiger partial charge in [0.15, 0.2) is 0 Å². The number of hydrogen-bond acceptors (Lipinski definition) is 4. The summed E-state index contributed by atoms with van der Waals surface area (Å²) >= 11 is 0. The van der Waals surface area contributed by atoms with Crippen LogP contribution in [0.4, 0.5) is 0 Å². The molecule has 98 valence electrons. The maximum absolute atomic E-state index is 6.41. The van der Waals surface area contributed by atoms with E-state index in [2.05, 4.69) is 11.0 Å². The largest absolute Gasteiger partial charge is 0.492 e. The Morgan fingerprint density at radius 2 is 2.06 bits per heavy atom. The molecule has 4 nitrogen and oxygen atoms in total. The molecule has 0 saturated carbocycles. The van der Waals surface area contributed by atoms with E-state index in [0.717, 1.165) is 44.0 Å². The van der Waals surface area contributed by atoms with Crippen molar-refractivity contribution in [3.63, 3.8) is 0 Å². The van der Waals surface area contributed by atoms with Gasteiger partial charge in [-0.15, -0.1) is 0 Å². The van der Waals surface area contributed by atoms with E-state index in [-0.39, 0.29) is 12.1 Å². The van der Waals surface area contributed by atoms with E-state index in [9.17, 15) is 0 Å². The third-order valence-corrected chi connectivity index (χ3v) is 3.83. The Bertz CT molecular complexity index is 403. The number of nitrogens with zero attached hydrogens (tertiary/aromatic N) is 1. The number of nitrogens with two attached hydrogens (primary N) is 1. The molecule has 2 N–H and O–H groups in total. The summed E-state index contributed by atoms with van der Waals surface area (Å²) in [6.07, 6.45) is 1.07. The Morgan fingerprint density at radius 1 is 1.17 bits per heavy atom. The minimum Gasteiger partial charge on any atom is -0.492 e. The van der Waals surface area contributed by atoms with Crippen LogP contribution < -0.4 is 10.5 Å². The first-order valence-electron chi connectivity index (χ1n) is 6.65. The van der Waals surface area contributed by atoms with Crippen molar-refractivity contribution >= 4 is 0 Å². The topological polar surface area (TPSA) is 47.7 Å². The Labute approximate surface area is 108 Å². The molecule has 2 heterocycles. The summed E-state index contributed by atoms with van der Waals surface area (Å²) in [5, 5.41) is 0. The van der Waals surface area contributed by atoms with E-state index < -0.39 is 0 Å². The van der Waals surface area contributed by atoms with E-state index in [1.54, 1.807) is 0 Å². The number of ether oxygens (including phenoxy) is 2. The summed E-state index contributed by atoms with van der Waals surface area (Å²) in [6.45, 7) is 4.33. The Balaban J connectivity index is 1.78. The number of rotatable bonds is 1. The highest BCUT2D eigenvalue weighted by Gasteiger charge is 2.32. The Hall–Kier alpha value is -1.10. The van der Waals surface area contributed by atoms with Gasteiger partial charge in [0.25, 0.3) is 0 Å². The van der Waals surface area contributed by atoms with Crippen LogP contribution in [0.25, 0.3) is 0 Å². The number of fused-ring (bicyclic) bond motifs is 1. The lowest BCUT2D eigenvalue weighted by molar-refractivity contribution is 0.0880. The minimum absolute atomic E-state index is 0.0352. The molecular weight excluding hydrogens is 228 g/mol. The van der Waals surface area contributed by atoms with Crippen LogP contribution in [-0.4, -0.2) is 43.9 Å². The molecule has 0 bridgehead atoms. The molecule has 4 heteroatoms. The number of para-hydroxylation sites is 1. The molecular formula is C14H20N2O2. The van der Waals surface area contributed by atoms with Gasteiger partial charge in [-0.1, -0.05) is 18.2 Å². The summed E-state index contributed by atoms with van der Waals surface area (Å²) in [6, 6.07) is 8.38. The van der Waals surface area contributed by atoms with Crippen LogP contribution in [0.1, 0.15) is 18.0 Å². The molecule has 0 aliphatic carbocycles. The van der Waals surface area contributed by atoms with Gasteiger partial charge in [-0.05, 0) is 12.5 Å². The van der Waals surface area contributed by atoms with Gasteiger partial charge < -0.3 is 15.2 Å². The van der Waals surface area contributed by atoms with E-state index in [4.69, 9.17) is 15.2 Å². The van der Waals surface area contributed by atoms with Crippen molar-refractivity contribution in [2.75, 3.05) is 32.9 Å². The van der Waals surface area contributed by atoms with Crippen molar-refractivity contribution in [3.8, 4) is 5.75 Å². The molecule has 18 heavy (non-hydrogen) atoms. The predicted molar refractivity (Wildman–Crippen MR) is 69.7 cm³/mol. The van der Waals surface area contributed by atoms with Crippen LogP contribution in [-0.2, 0) is 4.74 Å². The molecule has 1 saturated heterocycles. The summed E-state index contributed by atoms with van der Waals surface area (Å²) in [4.78, 5) is 2.41. The van der Waals surface area contributed by atoms with Gasteiger partial charge in [0, 0.05) is 25.3 Å². The van der Waals surface area contributed by atoms with E-state index in [1.807, 2.05) is 18.2 Å². The Kier molecular flexibility index (Phi) is 3.50. The Morgan fingerprint density at radius 3 is 3.00 bits per heavy atom. The zero-order valence-corrected chi connectivity index (χ0v) is 10.5. The quantitative estimate of drug-likeness (QED) is 0.810. The van der Waals surface area contributed by atoms with Crippen LogP contribution in [0.15, 0.2) is 24.3 Å². The van der Waals surface area contributed by atoms with Gasteiger partial charge in [0.05, 0.1) is 18.7 Å². The highest BCUT2D eigenvalue weighted by atomic mass is 16.5. The standard InChI is InChI=1S/C14H20N2O2/c15-14-11-4-1-2-5-13(11)18-10-12(14)16-6-3-8-17-9-7-16/h1-2,4-5,12,14H,3,6-10,15H2. The van der Waals surface area contributed by atoms with Crippen molar-refractivity contribution in [3.05, 3.63) is 29.8 Å². The molecule has 1 fully saturated rings. The number of benzene rings is 1. The summed E-state index contributed by atoms with van der Waals surface area (Å²) in [5.41, 5.74) is 7.53. The summed E-state index contributed by atoms with van der Waals surface area (Å²) < 4.78 is 11.3. The molecule has 0 amide bonds. The molecule has 1 aromatic rings. The smallest absolute Gasteiger partial charge is 0.124 e. The number of hydrogen-bond donors (Lipinski definition) is 1. The van der Waals surface area contributed by atoms with Crippen molar-refractivity contribution in [2.24, 2.45) is 5.73 Å². The highest BCUT2D eigenvalue weighted by molar-refractivity contribution is 5.38. The lowest BCUT2D eigenvalue weighted by atomic mass is 9.96. The zero-order valence-electron chi connectivity index (χ0n) is 10.5. The first kappa shape index (κ1) is 12.0. The molecule has 3 rings (SSSR count). The van der Waals surface area contributed by atoms with Crippen molar-refractivity contribution in [2.45, 2.75) is 18.5 Å². The third kappa shape index (κ3) is 2.23. The van der Waals surface area contributed by atoms with E-state index >= 15 is 0 Å². The highest BCUT2D eigenvalue weighted by Crippen LogP contribution is 2.32. The molecule has 1 aromatic carbocycles. The van der Waals surface area contributed by atoms with Crippen molar-refractivity contribution < 1.29 is 9.47 Å². The lowest BCUT2D eigenvalue weighted by Crippen LogP contribution is -2.49. The maximum atomic E-state index is 6.41. The normalized spacial score (nSPS) is 29.2. The molecule has 2 atom stereocenters. The van der Waals surface area contributed by atoms with Gasteiger partial charge in [0.1, 0.15) is 12.4 Å². The van der Waals surface area contributed by atoms with Crippen molar-refractivity contribution in [1.29, 1.82) is 0 Å². The minimum atomic E-state index is 0.0352. The second kappa shape index (κ2) is 5.26. The van der Waals surface area contributed by atoms with Gasteiger partial charge in [-0.3, -0.25) is 4.90 Å². The second-order valence-electron chi connectivity index (χ2n) is 4.94. The predicted octanol–water partition coefficient (Wildman–Crippen LogP) is 1.17. The second-order valence-corrected chi connectivity index (χ2v) is 4.94. The van der Waals surface area contributed by atoms with Crippen LogP contribution >= 0.6 is 0 Å². The molecule has 0 aromatic heterocycles. The van der Waals surface area contributed by atoms with Crippen LogP contribution in [0.5, 0.6) is 5.75 Å². The SMILES string of the molecule is NC1c2ccccc2OCC1N1CCCOCC1. The van der Waals surface area contributed by atoms with Gasteiger partial charge in [-0.25, -0.2) is 0 Å². The molecule has 0 radical (unpaired) electrons. The zero-order chi connectivity index (χ0) is 12.4. The fourth-order valence-corrected chi connectivity index (χ4v) is 2.80. The third-order valence-electron chi connectivity index (χ3n) is 3.83. The van der Waals surface area contributed by atoms with Crippen LogP contribution in [0.2, 0.25) is 0 Å². The maximum Gasteiger partial charge on any atom is 0.124 e. The van der Waals surface area contributed by atoms with Crippen LogP contribution in [0.3, 0.4) is 0 Å². The molecule has 2 unspecified atom stereocenters. The monoisotopic (exact) mass is 248 g/mol. The van der Waals surface area contributed by atoms with E-state index in [1.165, 1.54) is 0 Å². The average molecular weight is 248 g/mol. The van der Waals surface area contributed by atoms with Gasteiger partial charge >= 0.3 is 0 Å². The first-order chi connectivity index (χ1) is 8.86. The lowest BCUT2D eigenvalue weighted by Gasteiger charge is -2.38. The fourth-order valence-electron chi connectivity index (χ4n) is 2.80. The molecule has 0 spiro atoms. The molecule has 2 aliphatic rings. The van der Waals surface area contributed by atoms with Crippen molar-refractivity contribution in [1.82, 2.24) is 4.90 Å². The fraction of sp³-hybridized carbons (Fsp3) is 0.571. The summed E-state index contributed by atoms with van der Waals surface area (Å²) in [5.74, 6) is 0.937. The van der Waals surface area contributed by atoms with Crippen LogP contribution in [0, 0.1) is 0 Å². The van der Waals surface area contributed by atoms with E-state index in [0.29, 0.717) is 6.61 Å².